The Bertz CT molecular complexity index is 742. The van der Waals surface area contributed by atoms with Gasteiger partial charge in [0, 0.05) is 16.9 Å². The van der Waals surface area contributed by atoms with E-state index in [1.54, 1.807) is 0 Å². The Morgan fingerprint density at radius 2 is 1.70 bits per heavy atom. The number of nitrogens with two attached hydrogens (primary N) is 1. The van der Waals surface area contributed by atoms with Gasteiger partial charge in [-0.25, -0.2) is 4.68 Å². The summed E-state index contributed by atoms with van der Waals surface area (Å²) in [4.78, 5) is 0. The fourth-order valence-electron chi connectivity index (χ4n) is 2.58. The van der Waals surface area contributed by atoms with Crippen LogP contribution in [0.4, 0.5) is 5.69 Å². The molecule has 0 atom stereocenters. The molecule has 20 heavy (non-hydrogen) atoms. The molecule has 2 aromatic carbocycles. The molecule has 0 saturated heterocycles. The lowest BCUT2D eigenvalue weighted by Crippen LogP contribution is -1.98. The highest BCUT2D eigenvalue weighted by atomic mass is 15.3. The van der Waals surface area contributed by atoms with Gasteiger partial charge in [0.15, 0.2) is 0 Å². The van der Waals surface area contributed by atoms with Crippen molar-refractivity contribution in [2.75, 3.05) is 5.73 Å². The maximum absolute atomic E-state index is 5.89. The molecular weight excluding hydrogens is 246 g/mol. The molecule has 1 aromatic heterocycles. The molecule has 100 valence electrons. The van der Waals surface area contributed by atoms with E-state index in [0.717, 1.165) is 33.9 Å². The zero-order chi connectivity index (χ0) is 14.1. The summed E-state index contributed by atoms with van der Waals surface area (Å²) in [6.07, 6.45) is 0. The molecule has 0 aliphatic rings. The molecule has 0 fully saturated rings. The standard InChI is InChI=1S/C17H17N3/c1-12-17(14-7-6-8-15(18)11-14)13(2)20(19-12)16-9-4-3-5-10-16/h3-11H,18H2,1-2H3. The monoisotopic (exact) mass is 263 g/mol. The van der Waals surface area contributed by atoms with Crippen molar-refractivity contribution in [3.63, 3.8) is 0 Å². The van der Waals surface area contributed by atoms with Crippen LogP contribution < -0.4 is 5.73 Å². The largest absolute Gasteiger partial charge is 0.399 e. The summed E-state index contributed by atoms with van der Waals surface area (Å²) < 4.78 is 1.98. The second-order valence-electron chi connectivity index (χ2n) is 4.92. The predicted octanol–water partition coefficient (Wildman–Crippen LogP) is 3.74. The summed E-state index contributed by atoms with van der Waals surface area (Å²) in [5, 5.41) is 4.66. The molecule has 0 unspecified atom stereocenters. The van der Waals surface area contributed by atoms with E-state index in [9.17, 15) is 0 Å². The van der Waals surface area contributed by atoms with Gasteiger partial charge < -0.3 is 5.73 Å². The van der Waals surface area contributed by atoms with E-state index in [-0.39, 0.29) is 0 Å². The van der Waals surface area contributed by atoms with Crippen molar-refractivity contribution in [1.29, 1.82) is 0 Å². The summed E-state index contributed by atoms with van der Waals surface area (Å²) in [6, 6.07) is 18.1. The SMILES string of the molecule is Cc1nn(-c2ccccc2)c(C)c1-c1cccc(N)c1. The Balaban J connectivity index is 2.17. The van der Waals surface area contributed by atoms with E-state index in [2.05, 4.69) is 30.2 Å². The Morgan fingerprint density at radius 3 is 2.40 bits per heavy atom. The van der Waals surface area contributed by atoms with Crippen LogP contribution in [0.3, 0.4) is 0 Å². The van der Waals surface area contributed by atoms with E-state index in [4.69, 9.17) is 5.73 Å². The van der Waals surface area contributed by atoms with Gasteiger partial charge in [-0.15, -0.1) is 0 Å². The number of anilines is 1. The van der Waals surface area contributed by atoms with Gasteiger partial charge in [-0.3, -0.25) is 0 Å². The van der Waals surface area contributed by atoms with Gasteiger partial charge >= 0.3 is 0 Å². The highest BCUT2D eigenvalue weighted by Gasteiger charge is 2.14. The van der Waals surface area contributed by atoms with Gasteiger partial charge in [-0.1, -0.05) is 30.3 Å². The molecule has 0 amide bonds. The van der Waals surface area contributed by atoms with E-state index >= 15 is 0 Å². The van der Waals surface area contributed by atoms with Gasteiger partial charge in [-0.2, -0.15) is 5.10 Å². The molecule has 3 rings (SSSR count). The van der Waals surface area contributed by atoms with Crippen LogP contribution in [0.1, 0.15) is 11.4 Å². The van der Waals surface area contributed by atoms with Crippen LogP contribution in [-0.4, -0.2) is 9.78 Å². The molecule has 2 N–H and O–H groups in total. The number of aromatic nitrogens is 2. The molecule has 3 aromatic rings. The van der Waals surface area contributed by atoms with Gasteiger partial charge in [0.2, 0.25) is 0 Å². The summed E-state index contributed by atoms with van der Waals surface area (Å²) in [6.45, 7) is 4.12. The Hall–Kier alpha value is -2.55. The number of aryl methyl sites for hydroxylation is 1. The van der Waals surface area contributed by atoms with Crippen LogP contribution in [0.2, 0.25) is 0 Å². The van der Waals surface area contributed by atoms with Crippen molar-refractivity contribution >= 4 is 5.69 Å². The highest BCUT2D eigenvalue weighted by molar-refractivity contribution is 5.72. The fourth-order valence-corrected chi connectivity index (χ4v) is 2.58. The van der Waals surface area contributed by atoms with Crippen LogP contribution >= 0.6 is 0 Å². The van der Waals surface area contributed by atoms with Crippen LogP contribution in [0.25, 0.3) is 16.8 Å². The van der Waals surface area contributed by atoms with Crippen molar-refractivity contribution in [2.24, 2.45) is 0 Å². The smallest absolute Gasteiger partial charge is 0.0679 e. The Morgan fingerprint density at radius 1 is 0.950 bits per heavy atom. The fraction of sp³-hybridized carbons (Fsp3) is 0.118. The normalized spacial score (nSPS) is 10.7. The number of para-hydroxylation sites is 1. The summed E-state index contributed by atoms with van der Waals surface area (Å²) in [7, 11) is 0. The van der Waals surface area contributed by atoms with E-state index in [1.165, 1.54) is 0 Å². The zero-order valence-electron chi connectivity index (χ0n) is 11.7. The number of hydrogen-bond donors (Lipinski definition) is 1. The number of nitrogen functional groups attached to an aromatic ring is 1. The zero-order valence-corrected chi connectivity index (χ0v) is 11.7. The van der Waals surface area contributed by atoms with Crippen molar-refractivity contribution < 1.29 is 0 Å². The first-order chi connectivity index (χ1) is 9.66. The first-order valence-electron chi connectivity index (χ1n) is 6.64. The molecule has 0 saturated carbocycles. The van der Waals surface area contributed by atoms with Crippen LogP contribution in [0, 0.1) is 13.8 Å². The lowest BCUT2D eigenvalue weighted by molar-refractivity contribution is 0.834. The first-order valence-corrected chi connectivity index (χ1v) is 6.64. The van der Waals surface area contributed by atoms with Crippen molar-refractivity contribution in [1.82, 2.24) is 9.78 Å². The van der Waals surface area contributed by atoms with Gasteiger partial charge in [0.25, 0.3) is 0 Å². The molecule has 0 bridgehead atoms. The topological polar surface area (TPSA) is 43.8 Å². The molecule has 0 aliphatic carbocycles. The minimum absolute atomic E-state index is 0.772. The molecule has 0 aliphatic heterocycles. The summed E-state index contributed by atoms with van der Waals surface area (Å²) in [5.41, 5.74) is 12.1. The average Bonchev–Trinajstić information content (AvgIpc) is 2.75. The van der Waals surface area contributed by atoms with Gasteiger partial charge in [-0.05, 0) is 43.7 Å². The highest BCUT2D eigenvalue weighted by Crippen LogP contribution is 2.29. The second-order valence-corrected chi connectivity index (χ2v) is 4.92. The van der Waals surface area contributed by atoms with E-state index in [1.807, 2.05) is 48.0 Å². The molecule has 0 spiro atoms. The van der Waals surface area contributed by atoms with Crippen LogP contribution in [0.5, 0.6) is 0 Å². The summed E-state index contributed by atoms with van der Waals surface area (Å²) in [5.74, 6) is 0. The first kappa shape index (κ1) is 12.5. The van der Waals surface area contributed by atoms with Crippen LogP contribution in [0.15, 0.2) is 54.6 Å². The lowest BCUT2D eigenvalue weighted by Gasteiger charge is -2.06. The van der Waals surface area contributed by atoms with Crippen molar-refractivity contribution in [2.45, 2.75) is 13.8 Å². The quantitative estimate of drug-likeness (QED) is 0.716. The molecular formula is C17H17N3. The maximum Gasteiger partial charge on any atom is 0.0679 e. The third-order valence-corrected chi connectivity index (χ3v) is 3.47. The Labute approximate surface area is 118 Å². The third-order valence-electron chi connectivity index (χ3n) is 3.47. The third kappa shape index (κ3) is 2.07. The lowest BCUT2D eigenvalue weighted by atomic mass is 10.0. The molecule has 3 heteroatoms. The number of hydrogen-bond acceptors (Lipinski definition) is 2. The molecule has 1 heterocycles. The minimum atomic E-state index is 0.772. The Kier molecular flexibility index (Phi) is 3.03. The predicted molar refractivity (Wildman–Crippen MR) is 82.9 cm³/mol. The van der Waals surface area contributed by atoms with Gasteiger partial charge in [0.05, 0.1) is 11.4 Å². The number of nitrogens with zero attached hydrogens (tertiary/aromatic N) is 2. The van der Waals surface area contributed by atoms with E-state index < -0.39 is 0 Å². The summed E-state index contributed by atoms with van der Waals surface area (Å²) >= 11 is 0. The second kappa shape index (κ2) is 4.85. The number of benzene rings is 2. The van der Waals surface area contributed by atoms with Gasteiger partial charge in [0.1, 0.15) is 0 Å². The molecule has 3 nitrogen and oxygen atoms in total. The number of rotatable bonds is 2. The molecule has 0 radical (unpaired) electrons. The minimum Gasteiger partial charge on any atom is -0.399 e. The van der Waals surface area contributed by atoms with Crippen molar-refractivity contribution in [3.8, 4) is 16.8 Å². The van der Waals surface area contributed by atoms with E-state index in [0.29, 0.717) is 0 Å². The van der Waals surface area contributed by atoms with Crippen LogP contribution in [-0.2, 0) is 0 Å². The maximum atomic E-state index is 5.89. The van der Waals surface area contributed by atoms with Crippen molar-refractivity contribution in [3.05, 3.63) is 66.0 Å². The average molecular weight is 263 g/mol.